The molecule has 1 amide bonds. The number of carbonyl (C=O) groups excluding carboxylic acids is 2. The molecule has 0 fully saturated rings. The summed E-state index contributed by atoms with van der Waals surface area (Å²) in [6.45, 7) is 0.0903. The van der Waals surface area contributed by atoms with Gasteiger partial charge in [0.1, 0.15) is 6.42 Å². The Kier molecular flexibility index (Phi) is 4.76. The molecule has 0 aromatic heterocycles. The Morgan fingerprint density at radius 1 is 1.28 bits per heavy atom. The average Bonchev–Trinajstić information content (AvgIpc) is 2.33. The number of amides is 1. The van der Waals surface area contributed by atoms with Crippen molar-refractivity contribution in [1.29, 1.82) is 0 Å². The number of ether oxygens (including phenoxy) is 1. The van der Waals surface area contributed by atoms with Crippen LogP contribution in [0.25, 0.3) is 0 Å². The summed E-state index contributed by atoms with van der Waals surface area (Å²) in [5.41, 5.74) is 0.439. The van der Waals surface area contributed by atoms with E-state index in [0.29, 0.717) is 5.56 Å². The van der Waals surface area contributed by atoms with E-state index in [1.807, 2.05) is 0 Å². The molecule has 0 aliphatic rings. The molecule has 0 atom stereocenters. The third-order valence-corrected chi connectivity index (χ3v) is 2.35. The first-order chi connectivity index (χ1) is 8.43. The van der Waals surface area contributed by atoms with Gasteiger partial charge >= 0.3 is 5.97 Å². The van der Waals surface area contributed by atoms with Crippen LogP contribution in [0.3, 0.4) is 0 Å². The zero-order valence-electron chi connectivity index (χ0n) is 10.1. The quantitative estimate of drug-likeness (QED) is 0.606. The summed E-state index contributed by atoms with van der Waals surface area (Å²) in [5.74, 6) is -3.01. The van der Waals surface area contributed by atoms with Gasteiger partial charge in [-0.1, -0.05) is 6.07 Å². The standard InChI is InChI=1S/C12H13F2NO3/c1-15(11(16)6-12(17)18-2)7-8-3-4-9(13)10(14)5-8/h3-5H,6-7H2,1-2H3. The molecule has 1 aromatic carbocycles. The second-order valence-electron chi connectivity index (χ2n) is 3.75. The van der Waals surface area contributed by atoms with Crippen LogP contribution in [0.4, 0.5) is 8.78 Å². The van der Waals surface area contributed by atoms with Crippen molar-refractivity contribution < 1.29 is 23.1 Å². The molecule has 0 spiro atoms. The third kappa shape index (κ3) is 3.80. The van der Waals surface area contributed by atoms with Gasteiger partial charge in [0.2, 0.25) is 5.91 Å². The zero-order chi connectivity index (χ0) is 13.7. The number of carbonyl (C=O) groups is 2. The SMILES string of the molecule is COC(=O)CC(=O)N(C)Cc1ccc(F)c(F)c1. The third-order valence-electron chi connectivity index (χ3n) is 2.35. The number of hydrogen-bond acceptors (Lipinski definition) is 3. The second-order valence-corrected chi connectivity index (χ2v) is 3.75. The minimum Gasteiger partial charge on any atom is -0.469 e. The lowest BCUT2D eigenvalue weighted by Crippen LogP contribution is -2.28. The van der Waals surface area contributed by atoms with Crippen molar-refractivity contribution in [2.24, 2.45) is 0 Å². The molecule has 0 heterocycles. The molecule has 0 aliphatic heterocycles. The maximum Gasteiger partial charge on any atom is 0.315 e. The Morgan fingerprint density at radius 3 is 2.50 bits per heavy atom. The summed E-state index contributed by atoms with van der Waals surface area (Å²) in [5, 5.41) is 0. The van der Waals surface area contributed by atoms with Crippen molar-refractivity contribution in [2.45, 2.75) is 13.0 Å². The molecule has 0 unspecified atom stereocenters. The average molecular weight is 257 g/mol. The molecule has 4 nitrogen and oxygen atoms in total. The predicted octanol–water partition coefficient (Wildman–Crippen LogP) is 1.49. The molecular weight excluding hydrogens is 244 g/mol. The van der Waals surface area contributed by atoms with Crippen molar-refractivity contribution in [1.82, 2.24) is 4.90 Å². The minimum atomic E-state index is -0.971. The minimum absolute atomic E-state index is 0.0903. The van der Waals surface area contributed by atoms with E-state index in [4.69, 9.17) is 0 Å². The summed E-state index contributed by atoms with van der Waals surface area (Å²) in [6, 6.07) is 3.38. The molecule has 1 aromatic rings. The fourth-order valence-electron chi connectivity index (χ4n) is 1.33. The second kappa shape index (κ2) is 6.09. The number of esters is 1. The smallest absolute Gasteiger partial charge is 0.315 e. The van der Waals surface area contributed by atoms with E-state index in [2.05, 4.69) is 4.74 Å². The maximum atomic E-state index is 12.9. The van der Waals surface area contributed by atoms with E-state index in [1.54, 1.807) is 0 Å². The van der Waals surface area contributed by atoms with Gasteiger partial charge in [-0.25, -0.2) is 8.78 Å². The van der Waals surface area contributed by atoms with Gasteiger partial charge in [0.05, 0.1) is 7.11 Å². The summed E-state index contributed by atoms with van der Waals surface area (Å²) in [7, 11) is 2.65. The number of rotatable bonds is 4. The topological polar surface area (TPSA) is 46.6 Å². The van der Waals surface area contributed by atoms with Crippen molar-refractivity contribution >= 4 is 11.9 Å². The molecule has 18 heavy (non-hydrogen) atoms. The molecule has 0 bridgehead atoms. The van der Waals surface area contributed by atoms with Crippen LogP contribution in [-0.4, -0.2) is 30.9 Å². The molecule has 0 saturated carbocycles. The highest BCUT2D eigenvalue weighted by Crippen LogP contribution is 2.10. The van der Waals surface area contributed by atoms with E-state index in [9.17, 15) is 18.4 Å². The van der Waals surface area contributed by atoms with Gasteiger partial charge in [-0.15, -0.1) is 0 Å². The van der Waals surface area contributed by atoms with Gasteiger partial charge in [-0.05, 0) is 17.7 Å². The summed E-state index contributed by atoms with van der Waals surface area (Å²) >= 11 is 0. The van der Waals surface area contributed by atoms with Crippen molar-refractivity contribution in [2.75, 3.05) is 14.2 Å². The normalized spacial score (nSPS) is 10.0. The number of hydrogen-bond donors (Lipinski definition) is 0. The van der Waals surface area contributed by atoms with Crippen LogP contribution in [0.2, 0.25) is 0 Å². The fraction of sp³-hybridized carbons (Fsp3) is 0.333. The largest absolute Gasteiger partial charge is 0.469 e. The Morgan fingerprint density at radius 2 is 1.94 bits per heavy atom. The number of methoxy groups -OCH3 is 1. The van der Waals surface area contributed by atoms with E-state index < -0.39 is 23.5 Å². The molecule has 98 valence electrons. The lowest BCUT2D eigenvalue weighted by Gasteiger charge is -2.16. The van der Waals surface area contributed by atoms with Gasteiger partial charge in [-0.2, -0.15) is 0 Å². The fourth-order valence-corrected chi connectivity index (χ4v) is 1.33. The molecule has 1 rings (SSSR count). The number of nitrogens with zero attached hydrogens (tertiary/aromatic N) is 1. The van der Waals surface area contributed by atoms with Gasteiger partial charge in [-0.3, -0.25) is 9.59 Å². The Balaban J connectivity index is 2.63. The monoisotopic (exact) mass is 257 g/mol. The van der Waals surface area contributed by atoms with E-state index in [-0.39, 0.29) is 13.0 Å². The summed E-state index contributed by atoms with van der Waals surface area (Å²) in [4.78, 5) is 23.7. The first-order valence-electron chi connectivity index (χ1n) is 5.18. The van der Waals surface area contributed by atoms with Crippen molar-refractivity contribution in [3.63, 3.8) is 0 Å². The van der Waals surface area contributed by atoms with E-state index >= 15 is 0 Å². The van der Waals surface area contributed by atoms with Gasteiger partial charge in [0.25, 0.3) is 0 Å². The first-order valence-corrected chi connectivity index (χ1v) is 5.18. The Labute approximate surface area is 103 Å². The van der Waals surface area contributed by atoms with E-state index in [1.165, 1.54) is 25.1 Å². The number of benzene rings is 1. The zero-order valence-corrected chi connectivity index (χ0v) is 10.1. The van der Waals surface area contributed by atoms with Crippen molar-refractivity contribution in [3.05, 3.63) is 35.4 Å². The lowest BCUT2D eigenvalue weighted by atomic mass is 10.2. The van der Waals surface area contributed by atoms with Crippen LogP contribution < -0.4 is 0 Å². The van der Waals surface area contributed by atoms with Crippen LogP contribution in [0.15, 0.2) is 18.2 Å². The van der Waals surface area contributed by atoms with Crippen LogP contribution in [0.5, 0.6) is 0 Å². The number of halogens is 2. The van der Waals surface area contributed by atoms with E-state index in [0.717, 1.165) is 12.1 Å². The predicted molar refractivity (Wildman–Crippen MR) is 59.5 cm³/mol. The van der Waals surface area contributed by atoms with Gasteiger partial charge in [0, 0.05) is 13.6 Å². The van der Waals surface area contributed by atoms with Gasteiger partial charge in [0.15, 0.2) is 11.6 Å². The highest BCUT2D eigenvalue weighted by Gasteiger charge is 2.15. The summed E-state index contributed by atoms with van der Waals surface area (Å²) < 4.78 is 30.0. The van der Waals surface area contributed by atoms with Crippen molar-refractivity contribution in [3.8, 4) is 0 Å². The molecular formula is C12H13F2NO3. The molecule has 0 N–H and O–H groups in total. The van der Waals surface area contributed by atoms with Crippen LogP contribution in [-0.2, 0) is 20.9 Å². The Bertz CT molecular complexity index is 463. The Hall–Kier alpha value is -1.98. The molecule has 6 heteroatoms. The highest BCUT2D eigenvalue weighted by molar-refractivity contribution is 5.94. The van der Waals surface area contributed by atoms with Gasteiger partial charge < -0.3 is 9.64 Å². The van der Waals surface area contributed by atoms with Crippen LogP contribution in [0, 0.1) is 11.6 Å². The molecule has 0 saturated heterocycles. The lowest BCUT2D eigenvalue weighted by molar-refractivity contribution is -0.146. The molecule has 0 radical (unpaired) electrons. The summed E-state index contributed by atoms with van der Waals surface area (Å²) in [6.07, 6.45) is -0.378. The van der Waals surface area contributed by atoms with Crippen LogP contribution in [0.1, 0.15) is 12.0 Å². The highest BCUT2D eigenvalue weighted by atomic mass is 19.2. The first kappa shape index (κ1) is 14.1. The van der Waals surface area contributed by atoms with Crippen LogP contribution >= 0.6 is 0 Å². The molecule has 0 aliphatic carbocycles. The maximum absolute atomic E-state index is 12.9.